The third kappa shape index (κ3) is 5.16. The first-order valence-corrected chi connectivity index (χ1v) is 7.39. The summed E-state index contributed by atoms with van der Waals surface area (Å²) in [7, 11) is 2.37. The molecule has 2 N–H and O–H groups in total. The van der Waals surface area contributed by atoms with Crippen LogP contribution in [0.1, 0.15) is 18.0 Å². The van der Waals surface area contributed by atoms with Crippen molar-refractivity contribution in [3.63, 3.8) is 0 Å². The predicted molar refractivity (Wildman–Crippen MR) is 74.3 cm³/mol. The van der Waals surface area contributed by atoms with Gasteiger partial charge in [0.15, 0.2) is 0 Å². The Hall–Kier alpha value is -0.910. The minimum absolute atomic E-state index is 0.195. The zero-order valence-electron chi connectivity index (χ0n) is 10.9. The molecule has 0 bridgehead atoms. The minimum atomic E-state index is -0.895. The smallest absolute Gasteiger partial charge is 0.118 e. The molecule has 0 aliphatic rings. The van der Waals surface area contributed by atoms with Gasteiger partial charge in [-0.3, -0.25) is 4.21 Å². The van der Waals surface area contributed by atoms with Gasteiger partial charge in [0.25, 0.3) is 0 Å². The van der Waals surface area contributed by atoms with E-state index >= 15 is 0 Å². The lowest BCUT2D eigenvalue weighted by molar-refractivity contribution is 0.200. The summed E-state index contributed by atoms with van der Waals surface area (Å²) in [5.74, 6) is 1.92. The van der Waals surface area contributed by atoms with Gasteiger partial charge in [-0.1, -0.05) is 12.1 Å². The summed E-state index contributed by atoms with van der Waals surface area (Å²) >= 11 is 0. The van der Waals surface area contributed by atoms with Crippen LogP contribution in [-0.2, 0) is 15.5 Å². The van der Waals surface area contributed by atoms with Crippen LogP contribution >= 0.6 is 0 Å². The largest absolute Gasteiger partial charge is 0.497 e. The van der Waals surface area contributed by atoms with Crippen LogP contribution < -0.4 is 10.5 Å². The molecular weight excluding hydrogens is 250 g/mol. The summed E-state index contributed by atoms with van der Waals surface area (Å²) in [6.07, 6.45) is 0.804. The first kappa shape index (κ1) is 15.1. The van der Waals surface area contributed by atoms with Crippen molar-refractivity contribution in [2.45, 2.75) is 12.5 Å². The second kappa shape index (κ2) is 8.24. The normalized spacial score (nSPS) is 14.2. The number of nitrogens with two attached hydrogens (primary N) is 1. The second-order valence-corrected chi connectivity index (χ2v) is 5.66. The fraction of sp³-hybridized carbons (Fsp3) is 0.538. The van der Waals surface area contributed by atoms with Gasteiger partial charge in [-0.25, -0.2) is 0 Å². The number of benzene rings is 1. The molecule has 0 aliphatic carbocycles. The van der Waals surface area contributed by atoms with Crippen LogP contribution in [0.3, 0.4) is 0 Å². The van der Waals surface area contributed by atoms with Gasteiger partial charge >= 0.3 is 0 Å². The lowest BCUT2D eigenvalue weighted by Gasteiger charge is -2.12. The number of rotatable bonds is 8. The number of hydrogen-bond donors (Lipinski definition) is 1. The Kier molecular flexibility index (Phi) is 6.93. The summed E-state index contributed by atoms with van der Waals surface area (Å²) in [5, 5.41) is 0. The van der Waals surface area contributed by atoms with Gasteiger partial charge in [-0.15, -0.1) is 0 Å². The van der Waals surface area contributed by atoms with Crippen molar-refractivity contribution < 1.29 is 13.7 Å². The maximum Gasteiger partial charge on any atom is 0.118 e. The highest BCUT2D eigenvalue weighted by Gasteiger charge is 2.10. The fourth-order valence-electron chi connectivity index (χ4n) is 1.60. The van der Waals surface area contributed by atoms with E-state index in [4.69, 9.17) is 15.2 Å². The quantitative estimate of drug-likeness (QED) is 0.728. The molecule has 2 unspecified atom stereocenters. The molecule has 0 heterocycles. The fourth-order valence-corrected chi connectivity index (χ4v) is 2.79. The Morgan fingerprint density at radius 2 is 1.94 bits per heavy atom. The average molecular weight is 271 g/mol. The zero-order chi connectivity index (χ0) is 13.4. The molecule has 2 atom stereocenters. The summed E-state index contributed by atoms with van der Waals surface area (Å²) in [4.78, 5) is 0. The lowest BCUT2D eigenvalue weighted by Crippen LogP contribution is -2.20. The summed E-state index contributed by atoms with van der Waals surface area (Å²) in [6.45, 7) is 0.642. The first-order chi connectivity index (χ1) is 8.67. The number of hydrogen-bond acceptors (Lipinski definition) is 4. The summed E-state index contributed by atoms with van der Waals surface area (Å²) < 4.78 is 21.8. The average Bonchev–Trinajstić information content (AvgIpc) is 2.39. The van der Waals surface area contributed by atoms with Gasteiger partial charge in [0.2, 0.25) is 0 Å². The van der Waals surface area contributed by atoms with E-state index in [1.54, 1.807) is 14.2 Å². The van der Waals surface area contributed by atoms with Crippen molar-refractivity contribution in [1.82, 2.24) is 0 Å². The van der Waals surface area contributed by atoms with E-state index in [-0.39, 0.29) is 6.04 Å². The van der Waals surface area contributed by atoms with Crippen molar-refractivity contribution >= 4 is 10.8 Å². The molecule has 0 aliphatic heterocycles. The van der Waals surface area contributed by atoms with E-state index in [1.165, 1.54) is 0 Å². The molecule has 18 heavy (non-hydrogen) atoms. The molecule has 0 amide bonds. The highest BCUT2D eigenvalue weighted by Crippen LogP contribution is 2.16. The highest BCUT2D eigenvalue weighted by atomic mass is 32.2. The third-order valence-corrected chi connectivity index (χ3v) is 4.10. The van der Waals surface area contributed by atoms with E-state index in [9.17, 15) is 4.21 Å². The van der Waals surface area contributed by atoms with Gasteiger partial charge in [-0.2, -0.15) is 0 Å². The lowest BCUT2D eigenvalue weighted by atomic mass is 10.1. The molecule has 1 aromatic carbocycles. The van der Waals surface area contributed by atoms with Crippen LogP contribution in [-0.4, -0.2) is 36.5 Å². The van der Waals surface area contributed by atoms with Crippen molar-refractivity contribution in [3.05, 3.63) is 29.8 Å². The molecule has 0 spiro atoms. The van der Waals surface area contributed by atoms with Gasteiger partial charge in [-0.05, 0) is 24.1 Å². The molecule has 0 radical (unpaired) electrons. The third-order valence-electron chi connectivity index (χ3n) is 2.63. The molecule has 1 aromatic rings. The van der Waals surface area contributed by atoms with Crippen LogP contribution in [0.5, 0.6) is 5.75 Å². The molecule has 102 valence electrons. The van der Waals surface area contributed by atoms with Gasteiger partial charge in [0, 0.05) is 42.1 Å². The number of methoxy groups -OCH3 is 2. The molecule has 0 fully saturated rings. The predicted octanol–water partition coefficient (Wildman–Crippen LogP) is 1.48. The van der Waals surface area contributed by atoms with E-state index in [0.717, 1.165) is 17.7 Å². The van der Waals surface area contributed by atoms with Gasteiger partial charge in [0.1, 0.15) is 5.75 Å². The topological polar surface area (TPSA) is 61.5 Å². The van der Waals surface area contributed by atoms with Crippen LogP contribution in [0.2, 0.25) is 0 Å². The Balaban J connectivity index is 2.43. The summed E-state index contributed by atoms with van der Waals surface area (Å²) in [5.41, 5.74) is 7.01. The SMILES string of the molecule is COCCCS(=O)CC(N)c1ccc(OC)cc1. The Labute approximate surface area is 111 Å². The van der Waals surface area contributed by atoms with Crippen LogP contribution in [0.4, 0.5) is 0 Å². The molecule has 4 nitrogen and oxygen atoms in total. The molecular formula is C13H21NO3S. The second-order valence-electron chi connectivity index (χ2n) is 4.04. The standard InChI is InChI=1S/C13H21NO3S/c1-16-8-3-9-18(15)10-13(14)11-4-6-12(17-2)7-5-11/h4-7,13H,3,8-10,14H2,1-2H3. The van der Waals surface area contributed by atoms with Crippen molar-refractivity contribution in [2.75, 3.05) is 32.3 Å². The maximum absolute atomic E-state index is 11.8. The minimum Gasteiger partial charge on any atom is -0.497 e. The van der Waals surface area contributed by atoms with Crippen molar-refractivity contribution in [2.24, 2.45) is 5.73 Å². The molecule has 0 saturated carbocycles. The van der Waals surface area contributed by atoms with E-state index < -0.39 is 10.8 Å². The zero-order valence-corrected chi connectivity index (χ0v) is 11.7. The van der Waals surface area contributed by atoms with E-state index in [2.05, 4.69) is 0 Å². The van der Waals surface area contributed by atoms with Crippen LogP contribution in [0, 0.1) is 0 Å². The van der Waals surface area contributed by atoms with Crippen molar-refractivity contribution in [1.29, 1.82) is 0 Å². The Morgan fingerprint density at radius 3 is 2.50 bits per heavy atom. The Bertz CT molecular complexity index is 367. The summed E-state index contributed by atoms with van der Waals surface area (Å²) in [6, 6.07) is 7.36. The highest BCUT2D eigenvalue weighted by molar-refractivity contribution is 7.85. The van der Waals surface area contributed by atoms with Gasteiger partial charge < -0.3 is 15.2 Å². The number of ether oxygens (including phenoxy) is 2. The molecule has 0 aromatic heterocycles. The Morgan fingerprint density at radius 1 is 1.28 bits per heavy atom. The van der Waals surface area contributed by atoms with Gasteiger partial charge in [0.05, 0.1) is 7.11 Å². The van der Waals surface area contributed by atoms with Crippen LogP contribution in [0.25, 0.3) is 0 Å². The first-order valence-electron chi connectivity index (χ1n) is 5.90. The van der Waals surface area contributed by atoms with Crippen molar-refractivity contribution in [3.8, 4) is 5.75 Å². The van der Waals surface area contributed by atoms with Crippen LogP contribution in [0.15, 0.2) is 24.3 Å². The van der Waals surface area contributed by atoms with E-state index in [0.29, 0.717) is 18.1 Å². The molecule has 0 saturated heterocycles. The molecule has 1 rings (SSSR count). The maximum atomic E-state index is 11.8. The monoisotopic (exact) mass is 271 g/mol. The molecule has 5 heteroatoms. The van der Waals surface area contributed by atoms with E-state index in [1.807, 2.05) is 24.3 Å².